The van der Waals surface area contributed by atoms with Crippen molar-refractivity contribution in [3.63, 3.8) is 0 Å². The number of benzene rings is 1. The second-order valence-corrected chi connectivity index (χ2v) is 3.49. The highest BCUT2D eigenvalue weighted by Crippen LogP contribution is 2.37. The Morgan fingerprint density at radius 3 is 2.05 bits per heavy atom. The molecule has 0 saturated heterocycles. The summed E-state index contributed by atoms with van der Waals surface area (Å²) in [6.07, 6.45) is 0. The summed E-state index contributed by atoms with van der Waals surface area (Å²) < 4.78 is 15.5. The van der Waals surface area contributed by atoms with Crippen molar-refractivity contribution in [1.29, 1.82) is 0 Å². The van der Waals surface area contributed by atoms with Gasteiger partial charge in [0.2, 0.25) is 5.91 Å². The Morgan fingerprint density at radius 2 is 1.58 bits per heavy atom. The molecule has 0 aromatic heterocycles. The van der Waals surface area contributed by atoms with Crippen LogP contribution in [0.1, 0.15) is 0 Å². The molecule has 0 fully saturated rings. The molecule has 0 bridgehead atoms. The molecule has 0 spiro atoms. The minimum Gasteiger partial charge on any atom is -0.494 e. The highest BCUT2D eigenvalue weighted by atomic mass is 35.5. The maximum Gasteiger partial charge on any atom is 0.238 e. The van der Waals surface area contributed by atoms with E-state index in [1.54, 1.807) is 19.2 Å². The Morgan fingerprint density at radius 1 is 1.05 bits per heavy atom. The van der Waals surface area contributed by atoms with Gasteiger partial charge in [0.1, 0.15) is 5.75 Å². The van der Waals surface area contributed by atoms with E-state index in [0.717, 1.165) is 0 Å². The highest BCUT2D eigenvalue weighted by Gasteiger charge is 2.13. The molecule has 0 aliphatic carbocycles. The van der Waals surface area contributed by atoms with Crippen molar-refractivity contribution < 1.29 is 19.0 Å². The third-order valence-electron chi connectivity index (χ3n) is 2.32. The first-order valence-corrected chi connectivity index (χ1v) is 5.40. The number of ether oxygens (including phenoxy) is 3. The molecular weight excluding hydrogens is 272 g/mol. The molecule has 1 amide bonds. The molecule has 108 valence electrons. The zero-order valence-corrected chi connectivity index (χ0v) is 12.2. The van der Waals surface area contributed by atoms with E-state index < -0.39 is 0 Å². The lowest BCUT2D eigenvalue weighted by atomic mass is 10.2. The van der Waals surface area contributed by atoms with Gasteiger partial charge in [0.25, 0.3) is 0 Å². The smallest absolute Gasteiger partial charge is 0.238 e. The fraction of sp³-hybridized carbons (Fsp3) is 0.417. The van der Waals surface area contributed by atoms with Gasteiger partial charge in [-0.05, 0) is 7.05 Å². The average Bonchev–Trinajstić information content (AvgIpc) is 2.38. The topological polar surface area (TPSA) is 68.8 Å². The van der Waals surface area contributed by atoms with Crippen molar-refractivity contribution in [3.8, 4) is 17.2 Å². The minimum absolute atomic E-state index is 0. The lowest BCUT2D eigenvalue weighted by Gasteiger charge is -2.14. The number of amides is 1. The fourth-order valence-electron chi connectivity index (χ4n) is 1.48. The van der Waals surface area contributed by atoms with Crippen molar-refractivity contribution >= 4 is 24.0 Å². The number of carbonyl (C=O) groups excluding carboxylic acids is 1. The third-order valence-corrected chi connectivity index (χ3v) is 2.32. The summed E-state index contributed by atoms with van der Waals surface area (Å²) in [6, 6.07) is 3.32. The molecule has 6 nitrogen and oxygen atoms in total. The van der Waals surface area contributed by atoms with Gasteiger partial charge in [-0.1, -0.05) is 0 Å². The van der Waals surface area contributed by atoms with Gasteiger partial charge in [0.15, 0.2) is 11.5 Å². The first-order valence-electron chi connectivity index (χ1n) is 5.40. The van der Waals surface area contributed by atoms with Crippen molar-refractivity contribution in [2.75, 3.05) is 40.2 Å². The molecular formula is C12H19ClN2O4. The van der Waals surface area contributed by atoms with E-state index in [-0.39, 0.29) is 24.9 Å². The summed E-state index contributed by atoms with van der Waals surface area (Å²) in [7, 11) is 6.29. The van der Waals surface area contributed by atoms with Crippen LogP contribution < -0.4 is 24.8 Å². The number of methoxy groups -OCH3 is 3. The Labute approximate surface area is 118 Å². The number of hydrogen-bond acceptors (Lipinski definition) is 5. The molecule has 7 heteroatoms. The number of halogens is 1. The van der Waals surface area contributed by atoms with E-state index in [9.17, 15) is 4.79 Å². The standard InChI is InChI=1S/C12H18N2O4.ClH/c1-13-7-12(15)14-8-5-10(17-3)11(18-4)6-9(8)16-2;/h5-6,13H,7H2,1-4H3,(H,14,15);1H. The predicted octanol–water partition coefficient (Wildman–Crippen LogP) is 1.29. The first-order chi connectivity index (χ1) is 8.65. The summed E-state index contributed by atoms with van der Waals surface area (Å²) in [4.78, 5) is 11.5. The Hall–Kier alpha value is -1.66. The molecule has 0 saturated carbocycles. The van der Waals surface area contributed by atoms with Crippen molar-refractivity contribution in [1.82, 2.24) is 5.32 Å². The number of nitrogens with one attached hydrogen (secondary N) is 2. The normalized spacial score (nSPS) is 9.26. The van der Waals surface area contributed by atoms with Crippen LogP contribution in [-0.2, 0) is 4.79 Å². The number of hydrogen-bond donors (Lipinski definition) is 2. The Kier molecular flexibility index (Phi) is 7.71. The van der Waals surface area contributed by atoms with E-state index in [2.05, 4.69) is 10.6 Å². The summed E-state index contributed by atoms with van der Waals surface area (Å²) >= 11 is 0. The number of anilines is 1. The van der Waals surface area contributed by atoms with Crippen LogP contribution in [0.2, 0.25) is 0 Å². The average molecular weight is 291 g/mol. The molecule has 0 unspecified atom stereocenters. The van der Waals surface area contributed by atoms with E-state index in [4.69, 9.17) is 14.2 Å². The predicted molar refractivity (Wildman–Crippen MR) is 75.9 cm³/mol. The monoisotopic (exact) mass is 290 g/mol. The zero-order chi connectivity index (χ0) is 13.5. The molecule has 0 aliphatic heterocycles. The Bertz CT molecular complexity index is 426. The molecule has 2 N–H and O–H groups in total. The maximum absolute atomic E-state index is 11.5. The van der Waals surface area contributed by atoms with Crippen LogP contribution >= 0.6 is 12.4 Å². The molecule has 1 rings (SSSR count). The van der Waals surface area contributed by atoms with Gasteiger partial charge in [-0.15, -0.1) is 12.4 Å². The molecule has 0 radical (unpaired) electrons. The van der Waals surface area contributed by atoms with Gasteiger partial charge >= 0.3 is 0 Å². The largest absolute Gasteiger partial charge is 0.494 e. The van der Waals surface area contributed by atoms with Crippen LogP contribution in [0.25, 0.3) is 0 Å². The maximum atomic E-state index is 11.5. The molecule has 19 heavy (non-hydrogen) atoms. The van der Waals surface area contributed by atoms with Crippen molar-refractivity contribution in [3.05, 3.63) is 12.1 Å². The Balaban J connectivity index is 0.00000324. The van der Waals surface area contributed by atoms with E-state index >= 15 is 0 Å². The van der Waals surface area contributed by atoms with Gasteiger partial charge in [0, 0.05) is 12.1 Å². The molecule has 1 aromatic rings. The second-order valence-electron chi connectivity index (χ2n) is 3.49. The van der Waals surface area contributed by atoms with Crippen LogP contribution in [-0.4, -0.2) is 40.8 Å². The van der Waals surface area contributed by atoms with E-state index in [1.807, 2.05) is 0 Å². The fourth-order valence-corrected chi connectivity index (χ4v) is 1.48. The van der Waals surface area contributed by atoms with Crippen LogP contribution in [0.3, 0.4) is 0 Å². The quantitative estimate of drug-likeness (QED) is 0.826. The van der Waals surface area contributed by atoms with Gasteiger partial charge in [-0.25, -0.2) is 0 Å². The summed E-state index contributed by atoms with van der Waals surface area (Å²) in [6.45, 7) is 0.220. The molecule has 0 heterocycles. The molecule has 0 atom stereocenters. The number of carbonyl (C=O) groups is 1. The van der Waals surface area contributed by atoms with Gasteiger partial charge < -0.3 is 24.8 Å². The van der Waals surface area contributed by atoms with E-state index in [1.165, 1.54) is 21.3 Å². The van der Waals surface area contributed by atoms with Gasteiger partial charge in [0.05, 0.1) is 33.6 Å². The minimum atomic E-state index is -0.164. The lowest BCUT2D eigenvalue weighted by Crippen LogP contribution is -2.25. The van der Waals surface area contributed by atoms with Crippen molar-refractivity contribution in [2.45, 2.75) is 0 Å². The summed E-state index contributed by atoms with van der Waals surface area (Å²) in [5.74, 6) is 1.42. The van der Waals surface area contributed by atoms with Crippen LogP contribution in [0.4, 0.5) is 5.69 Å². The van der Waals surface area contributed by atoms with Gasteiger partial charge in [-0.3, -0.25) is 4.79 Å². The van der Waals surface area contributed by atoms with Crippen LogP contribution in [0.15, 0.2) is 12.1 Å². The third kappa shape index (κ3) is 4.50. The van der Waals surface area contributed by atoms with Crippen molar-refractivity contribution in [2.24, 2.45) is 0 Å². The lowest BCUT2D eigenvalue weighted by molar-refractivity contribution is -0.115. The first kappa shape index (κ1) is 17.3. The number of rotatable bonds is 6. The zero-order valence-electron chi connectivity index (χ0n) is 11.4. The van der Waals surface area contributed by atoms with Crippen LogP contribution in [0, 0.1) is 0 Å². The second kappa shape index (κ2) is 8.44. The SMILES string of the molecule is CNCC(=O)Nc1cc(OC)c(OC)cc1OC.Cl. The highest BCUT2D eigenvalue weighted by molar-refractivity contribution is 5.94. The summed E-state index contributed by atoms with van der Waals surface area (Å²) in [5.41, 5.74) is 0.537. The summed E-state index contributed by atoms with van der Waals surface area (Å²) in [5, 5.41) is 5.49. The van der Waals surface area contributed by atoms with Gasteiger partial charge in [-0.2, -0.15) is 0 Å². The van der Waals surface area contributed by atoms with E-state index in [0.29, 0.717) is 22.9 Å². The molecule has 1 aromatic carbocycles. The molecule has 0 aliphatic rings. The van der Waals surface area contributed by atoms with Crippen LogP contribution in [0.5, 0.6) is 17.2 Å². The number of likely N-dealkylation sites (N-methyl/N-ethyl adjacent to an activating group) is 1.